The van der Waals surface area contributed by atoms with Crippen molar-refractivity contribution in [2.45, 2.75) is 36.4 Å². The number of para-hydroxylation sites is 1. The van der Waals surface area contributed by atoms with Crippen LogP contribution in [0.4, 0.5) is 0 Å². The second kappa shape index (κ2) is 7.93. The van der Waals surface area contributed by atoms with Gasteiger partial charge in [0.1, 0.15) is 0 Å². The van der Waals surface area contributed by atoms with Gasteiger partial charge in [-0.1, -0.05) is 36.0 Å². The van der Waals surface area contributed by atoms with E-state index in [0.717, 1.165) is 35.9 Å². The van der Waals surface area contributed by atoms with Crippen molar-refractivity contribution in [3.63, 3.8) is 0 Å². The summed E-state index contributed by atoms with van der Waals surface area (Å²) in [5, 5.41) is 2.32. The molecule has 7 heteroatoms. The molecule has 1 unspecified atom stereocenters. The highest BCUT2D eigenvalue weighted by molar-refractivity contribution is 7.98. The normalized spacial score (nSPS) is 16.6. The largest absolute Gasteiger partial charge is 0.376 e. The fourth-order valence-corrected chi connectivity index (χ4v) is 4.71. The first-order valence-corrected chi connectivity index (χ1v) is 10.7. The Balaban J connectivity index is 1.53. The summed E-state index contributed by atoms with van der Waals surface area (Å²) in [5.74, 6) is 0.671. The lowest BCUT2D eigenvalue weighted by atomic mass is 10.1. The Morgan fingerprint density at radius 2 is 1.97 bits per heavy atom. The molecular formula is C22H20N4O2S. The maximum atomic E-state index is 13.2. The number of pyridine rings is 2. The van der Waals surface area contributed by atoms with E-state index in [2.05, 4.69) is 28.2 Å². The molecule has 1 aliphatic rings. The molecule has 1 saturated heterocycles. The van der Waals surface area contributed by atoms with E-state index < -0.39 is 0 Å². The van der Waals surface area contributed by atoms with Crippen molar-refractivity contribution < 1.29 is 4.74 Å². The van der Waals surface area contributed by atoms with Gasteiger partial charge in [0.05, 0.1) is 23.6 Å². The second-order valence-electron chi connectivity index (χ2n) is 7.10. The zero-order chi connectivity index (χ0) is 19.6. The van der Waals surface area contributed by atoms with Gasteiger partial charge in [0, 0.05) is 30.1 Å². The van der Waals surface area contributed by atoms with Gasteiger partial charge < -0.3 is 4.74 Å². The molecule has 1 aromatic carbocycles. The molecule has 0 radical (unpaired) electrons. The number of aromatic nitrogens is 4. The lowest BCUT2D eigenvalue weighted by Gasteiger charge is -2.16. The van der Waals surface area contributed by atoms with Crippen molar-refractivity contribution in [1.82, 2.24) is 19.5 Å². The third-order valence-electron chi connectivity index (χ3n) is 5.18. The molecule has 1 atom stereocenters. The molecule has 146 valence electrons. The van der Waals surface area contributed by atoms with Gasteiger partial charge in [-0.15, -0.1) is 0 Å². The number of hydrogen-bond acceptors (Lipinski definition) is 6. The third-order valence-corrected chi connectivity index (χ3v) is 6.20. The zero-order valence-corrected chi connectivity index (χ0v) is 16.6. The minimum atomic E-state index is -0.0582. The predicted molar refractivity (Wildman–Crippen MR) is 114 cm³/mol. The highest BCUT2D eigenvalue weighted by atomic mass is 32.2. The Morgan fingerprint density at radius 1 is 1.10 bits per heavy atom. The van der Waals surface area contributed by atoms with Crippen molar-refractivity contribution in [3.8, 4) is 0 Å². The molecule has 0 spiro atoms. The van der Waals surface area contributed by atoms with Gasteiger partial charge in [-0.25, -0.2) is 9.97 Å². The molecule has 4 aromatic rings. The van der Waals surface area contributed by atoms with Gasteiger partial charge in [-0.05, 0) is 36.6 Å². The number of ether oxygens (including phenoxy) is 1. The summed E-state index contributed by atoms with van der Waals surface area (Å²) in [7, 11) is 0. The van der Waals surface area contributed by atoms with Gasteiger partial charge >= 0.3 is 0 Å². The van der Waals surface area contributed by atoms with Gasteiger partial charge in [-0.3, -0.25) is 14.3 Å². The van der Waals surface area contributed by atoms with Gasteiger partial charge in [0.2, 0.25) is 0 Å². The number of rotatable bonds is 5. The van der Waals surface area contributed by atoms with Crippen LogP contribution in [0, 0.1) is 0 Å². The Bertz CT molecular complexity index is 1230. The van der Waals surface area contributed by atoms with Crippen LogP contribution in [0.5, 0.6) is 0 Å². The van der Waals surface area contributed by atoms with Crippen molar-refractivity contribution in [3.05, 3.63) is 70.8 Å². The molecule has 1 fully saturated rings. The summed E-state index contributed by atoms with van der Waals surface area (Å²) < 4.78 is 7.53. The number of thioether (sulfide) groups is 1. The molecule has 4 heterocycles. The Hall–Kier alpha value is -2.77. The standard InChI is InChI=1S/C22H20N4O2S/c27-21-18-9-3-11-24-20(18)25-22(26(21)13-17-8-4-12-28-17)29-14-16-6-1-5-15-7-2-10-23-19(15)16/h1-3,5-7,9-11,17H,4,8,12-14H2. The maximum absolute atomic E-state index is 13.2. The minimum absolute atomic E-state index is 0.0576. The fourth-order valence-electron chi connectivity index (χ4n) is 3.73. The van der Waals surface area contributed by atoms with E-state index >= 15 is 0 Å². The second-order valence-corrected chi connectivity index (χ2v) is 8.04. The van der Waals surface area contributed by atoms with Crippen LogP contribution in [0.15, 0.2) is 64.8 Å². The van der Waals surface area contributed by atoms with Crippen molar-refractivity contribution in [2.24, 2.45) is 0 Å². The molecule has 0 N–H and O–H groups in total. The van der Waals surface area contributed by atoms with Crippen molar-refractivity contribution >= 4 is 33.7 Å². The van der Waals surface area contributed by atoms with E-state index in [9.17, 15) is 4.79 Å². The summed E-state index contributed by atoms with van der Waals surface area (Å²) >= 11 is 1.54. The topological polar surface area (TPSA) is 69.9 Å². The molecule has 0 amide bonds. The first-order valence-electron chi connectivity index (χ1n) is 9.72. The molecule has 5 rings (SSSR count). The quantitative estimate of drug-likeness (QED) is 0.372. The van der Waals surface area contributed by atoms with Gasteiger partial charge in [0.15, 0.2) is 10.8 Å². The number of hydrogen-bond donors (Lipinski definition) is 0. The predicted octanol–water partition coefficient (Wildman–Crippen LogP) is 3.81. The van der Waals surface area contributed by atoms with Gasteiger partial charge in [0.25, 0.3) is 5.56 Å². The van der Waals surface area contributed by atoms with Crippen LogP contribution in [-0.4, -0.2) is 32.2 Å². The van der Waals surface area contributed by atoms with E-state index in [4.69, 9.17) is 9.72 Å². The van der Waals surface area contributed by atoms with Crippen LogP contribution < -0.4 is 5.56 Å². The summed E-state index contributed by atoms with van der Waals surface area (Å²) in [6, 6.07) is 13.7. The van der Waals surface area contributed by atoms with Crippen LogP contribution in [0.25, 0.3) is 21.9 Å². The van der Waals surface area contributed by atoms with E-state index in [1.165, 1.54) is 0 Å². The van der Waals surface area contributed by atoms with Crippen LogP contribution in [0.3, 0.4) is 0 Å². The molecule has 0 aliphatic carbocycles. The summed E-state index contributed by atoms with van der Waals surface area (Å²) in [6.07, 6.45) is 5.54. The molecule has 0 bridgehead atoms. The Labute approximate surface area is 172 Å². The lowest BCUT2D eigenvalue weighted by molar-refractivity contribution is 0.0937. The summed E-state index contributed by atoms with van der Waals surface area (Å²) in [5.41, 5.74) is 2.53. The first-order chi connectivity index (χ1) is 14.3. The summed E-state index contributed by atoms with van der Waals surface area (Å²) in [4.78, 5) is 26.7. The SMILES string of the molecule is O=c1c2cccnc2nc(SCc2cccc3cccnc23)n1CC1CCCO1. The molecule has 6 nitrogen and oxygen atoms in total. The van der Waals surface area contributed by atoms with E-state index in [1.54, 1.807) is 34.7 Å². The molecular weight excluding hydrogens is 384 g/mol. The highest BCUT2D eigenvalue weighted by Gasteiger charge is 2.20. The number of benzene rings is 1. The van der Waals surface area contributed by atoms with E-state index in [-0.39, 0.29) is 11.7 Å². The van der Waals surface area contributed by atoms with Crippen molar-refractivity contribution in [1.29, 1.82) is 0 Å². The first kappa shape index (κ1) is 18.3. The van der Waals surface area contributed by atoms with Crippen molar-refractivity contribution in [2.75, 3.05) is 6.61 Å². The van der Waals surface area contributed by atoms with Crippen LogP contribution >= 0.6 is 11.8 Å². The number of nitrogens with zero attached hydrogens (tertiary/aromatic N) is 4. The smallest absolute Gasteiger partial charge is 0.263 e. The molecule has 3 aromatic heterocycles. The average molecular weight is 404 g/mol. The zero-order valence-electron chi connectivity index (χ0n) is 15.8. The number of fused-ring (bicyclic) bond motifs is 2. The Kier molecular flexibility index (Phi) is 4.99. The van der Waals surface area contributed by atoms with Crippen LogP contribution in [0.2, 0.25) is 0 Å². The summed E-state index contributed by atoms with van der Waals surface area (Å²) in [6.45, 7) is 1.28. The lowest BCUT2D eigenvalue weighted by Crippen LogP contribution is -2.29. The maximum Gasteiger partial charge on any atom is 0.263 e. The van der Waals surface area contributed by atoms with E-state index in [1.807, 2.05) is 18.3 Å². The van der Waals surface area contributed by atoms with Crippen LogP contribution in [-0.2, 0) is 17.0 Å². The molecule has 1 aliphatic heterocycles. The molecule has 29 heavy (non-hydrogen) atoms. The highest BCUT2D eigenvalue weighted by Crippen LogP contribution is 2.26. The average Bonchev–Trinajstić information content (AvgIpc) is 3.28. The monoisotopic (exact) mass is 404 g/mol. The fraction of sp³-hybridized carbons (Fsp3) is 0.273. The molecule has 0 saturated carbocycles. The van der Waals surface area contributed by atoms with E-state index in [0.29, 0.717) is 28.5 Å². The van der Waals surface area contributed by atoms with Crippen LogP contribution in [0.1, 0.15) is 18.4 Å². The minimum Gasteiger partial charge on any atom is -0.376 e. The Morgan fingerprint density at radius 3 is 2.86 bits per heavy atom. The van der Waals surface area contributed by atoms with Gasteiger partial charge in [-0.2, -0.15) is 0 Å². The third kappa shape index (κ3) is 3.63.